The van der Waals surface area contributed by atoms with Crippen molar-refractivity contribution in [3.63, 3.8) is 0 Å². The Hall–Kier alpha value is -3.61. The molecule has 1 aliphatic rings. The summed E-state index contributed by atoms with van der Waals surface area (Å²) in [6, 6.07) is 20.0. The summed E-state index contributed by atoms with van der Waals surface area (Å²) in [5.74, 6) is 1.32. The number of nitrogens with zero attached hydrogens (tertiary/aromatic N) is 4. The second-order valence-corrected chi connectivity index (χ2v) is 10.1. The van der Waals surface area contributed by atoms with Crippen LogP contribution in [-0.2, 0) is 4.74 Å². The SMILES string of the molecule is CN(C)c1cccc(Nc2cc(-c3ccccc3)nc(C3CCCCN3C(=O)OC(C)(C)C)n2)c1. The van der Waals surface area contributed by atoms with Gasteiger partial charge in [-0.15, -0.1) is 0 Å². The van der Waals surface area contributed by atoms with Gasteiger partial charge in [0.2, 0.25) is 0 Å². The van der Waals surface area contributed by atoms with Gasteiger partial charge in [-0.1, -0.05) is 36.4 Å². The molecule has 7 heteroatoms. The van der Waals surface area contributed by atoms with Crippen LogP contribution in [0.3, 0.4) is 0 Å². The number of benzene rings is 2. The molecule has 1 unspecified atom stereocenters. The third kappa shape index (κ3) is 6.29. The van der Waals surface area contributed by atoms with Gasteiger partial charge in [0.15, 0.2) is 5.82 Å². The number of rotatable bonds is 5. The van der Waals surface area contributed by atoms with Crippen molar-refractivity contribution >= 4 is 23.3 Å². The van der Waals surface area contributed by atoms with Crippen molar-refractivity contribution in [1.29, 1.82) is 0 Å². The Morgan fingerprint density at radius 2 is 1.80 bits per heavy atom. The Balaban J connectivity index is 1.73. The first-order valence-electron chi connectivity index (χ1n) is 12.2. The maximum absolute atomic E-state index is 13.1. The average molecular weight is 474 g/mol. The number of carbonyl (C=O) groups excluding carboxylic acids is 1. The Kier molecular flexibility index (Phi) is 7.24. The van der Waals surface area contributed by atoms with Gasteiger partial charge in [0.1, 0.15) is 11.4 Å². The largest absolute Gasteiger partial charge is 0.444 e. The standard InChI is InChI=1S/C28H35N5O2/c1-28(2,3)35-27(34)33-17-10-9-16-24(33)26-30-23(20-12-7-6-8-13-20)19-25(31-26)29-21-14-11-15-22(18-21)32(4)5/h6-8,11-15,18-19,24H,9-10,16-17H2,1-5H3,(H,29,30,31). The molecular weight excluding hydrogens is 438 g/mol. The van der Waals surface area contributed by atoms with Crippen LogP contribution >= 0.6 is 0 Å². The number of anilines is 3. The lowest BCUT2D eigenvalue weighted by molar-refractivity contribution is 0.00846. The van der Waals surface area contributed by atoms with E-state index in [9.17, 15) is 4.79 Å². The monoisotopic (exact) mass is 473 g/mol. The van der Waals surface area contributed by atoms with E-state index < -0.39 is 5.60 Å². The van der Waals surface area contributed by atoms with Gasteiger partial charge in [0, 0.05) is 43.6 Å². The fourth-order valence-electron chi connectivity index (χ4n) is 4.18. The summed E-state index contributed by atoms with van der Waals surface area (Å²) in [4.78, 5) is 26.7. The van der Waals surface area contributed by atoms with E-state index in [1.54, 1.807) is 4.90 Å². The van der Waals surface area contributed by atoms with Crippen molar-refractivity contribution < 1.29 is 9.53 Å². The van der Waals surface area contributed by atoms with E-state index in [1.165, 1.54) is 0 Å². The summed E-state index contributed by atoms with van der Waals surface area (Å²) in [6.45, 7) is 6.30. The Morgan fingerprint density at radius 1 is 1.03 bits per heavy atom. The molecular formula is C28H35N5O2. The molecule has 4 rings (SSSR count). The summed E-state index contributed by atoms with van der Waals surface area (Å²) < 4.78 is 5.72. The molecule has 3 aromatic rings. The molecule has 1 saturated heterocycles. The van der Waals surface area contributed by atoms with Gasteiger partial charge in [0.05, 0.1) is 11.7 Å². The number of nitrogens with one attached hydrogen (secondary N) is 1. The summed E-state index contributed by atoms with van der Waals surface area (Å²) in [7, 11) is 4.04. The molecule has 0 radical (unpaired) electrons. The zero-order valence-electron chi connectivity index (χ0n) is 21.3. The highest BCUT2D eigenvalue weighted by atomic mass is 16.6. The average Bonchev–Trinajstić information content (AvgIpc) is 2.83. The van der Waals surface area contributed by atoms with Crippen molar-refractivity contribution in [1.82, 2.24) is 14.9 Å². The van der Waals surface area contributed by atoms with Crippen LogP contribution < -0.4 is 10.2 Å². The van der Waals surface area contributed by atoms with Crippen molar-refractivity contribution in [2.75, 3.05) is 30.9 Å². The summed E-state index contributed by atoms with van der Waals surface area (Å²) in [5, 5.41) is 3.46. The molecule has 2 aromatic carbocycles. The summed E-state index contributed by atoms with van der Waals surface area (Å²) in [5.41, 5.74) is 3.29. The molecule has 0 saturated carbocycles. The highest BCUT2D eigenvalue weighted by Crippen LogP contribution is 2.33. The van der Waals surface area contributed by atoms with Crippen molar-refractivity contribution in [2.24, 2.45) is 0 Å². The topological polar surface area (TPSA) is 70.6 Å². The highest BCUT2D eigenvalue weighted by molar-refractivity contribution is 5.70. The number of hydrogen-bond donors (Lipinski definition) is 1. The van der Waals surface area contributed by atoms with E-state index >= 15 is 0 Å². The smallest absolute Gasteiger partial charge is 0.410 e. The van der Waals surface area contributed by atoms with E-state index in [1.807, 2.05) is 83.4 Å². The van der Waals surface area contributed by atoms with Gasteiger partial charge in [-0.3, -0.25) is 4.90 Å². The van der Waals surface area contributed by atoms with Crippen LogP contribution in [0.4, 0.5) is 22.0 Å². The Morgan fingerprint density at radius 3 is 2.51 bits per heavy atom. The minimum atomic E-state index is -0.560. The van der Waals surface area contributed by atoms with E-state index in [0.717, 1.165) is 41.9 Å². The lowest BCUT2D eigenvalue weighted by Gasteiger charge is -2.36. The molecule has 1 atom stereocenters. The van der Waals surface area contributed by atoms with Crippen LogP contribution in [0.25, 0.3) is 11.3 Å². The first-order chi connectivity index (χ1) is 16.7. The molecule has 1 fully saturated rings. The fourth-order valence-corrected chi connectivity index (χ4v) is 4.18. The minimum Gasteiger partial charge on any atom is -0.444 e. The van der Waals surface area contributed by atoms with Crippen LogP contribution in [0.5, 0.6) is 0 Å². The summed E-state index contributed by atoms with van der Waals surface area (Å²) in [6.07, 6.45) is 2.43. The minimum absolute atomic E-state index is 0.240. The molecule has 1 amide bonds. The lowest BCUT2D eigenvalue weighted by atomic mass is 10.0. The van der Waals surface area contributed by atoms with Crippen molar-refractivity contribution in [2.45, 2.75) is 51.7 Å². The molecule has 2 heterocycles. The lowest BCUT2D eigenvalue weighted by Crippen LogP contribution is -2.42. The zero-order chi connectivity index (χ0) is 25.0. The van der Waals surface area contributed by atoms with E-state index in [-0.39, 0.29) is 12.1 Å². The Labute approximate surface area is 208 Å². The predicted molar refractivity (Wildman–Crippen MR) is 141 cm³/mol. The Bertz CT molecular complexity index is 1160. The first kappa shape index (κ1) is 24.5. The second-order valence-electron chi connectivity index (χ2n) is 10.1. The predicted octanol–water partition coefficient (Wildman–Crippen LogP) is 6.42. The van der Waals surface area contributed by atoms with Gasteiger partial charge in [-0.05, 0) is 58.2 Å². The molecule has 0 bridgehead atoms. The van der Waals surface area contributed by atoms with E-state index in [2.05, 4.69) is 22.3 Å². The molecule has 35 heavy (non-hydrogen) atoms. The number of amides is 1. The third-order valence-corrected chi connectivity index (χ3v) is 5.88. The van der Waals surface area contributed by atoms with Gasteiger partial charge in [0.25, 0.3) is 0 Å². The molecule has 1 aromatic heterocycles. The van der Waals surface area contributed by atoms with Crippen LogP contribution in [-0.4, -0.2) is 47.2 Å². The van der Waals surface area contributed by atoms with Crippen LogP contribution in [0.15, 0.2) is 60.7 Å². The number of hydrogen-bond acceptors (Lipinski definition) is 6. The highest BCUT2D eigenvalue weighted by Gasteiger charge is 2.33. The van der Waals surface area contributed by atoms with Crippen LogP contribution in [0.2, 0.25) is 0 Å². The number of aromatic nitrogens is 2. The normalized spacial score (nSPS) is 16.0. The third-order valence-electron chi connectivity index (χ3n) is 5.88. The van der Waals surface area contributed by atoms with Crippen molar-refractivity contribution in [3.8, 4) is 11.3 Å². The quantitative estimate of drug-likeness (QED) is 0.461. The van der Waals surface area contributed by atoms with Crippen LogP contribution in [0.1, 0.15) is 51.9 Å². The maximum atomic E-state index is 13.1. The summed E-state index contributed by atoms with van der Waals surface area (Å²) >= 11 is 0. The number of ether oxygens (including phenoxy) is 1. The first-order valence-corrected chi connectivity index (χ1v) is 12.2. The molecule has 184 valence electrons. The van der Waals surface area contributed by atoms with Crippen molar-refractivity contribution in [3.05, 3.63) is 66.5 Å². The molecule has 0 aliphatic carbocycles. The van der Waals surface area contributed by atoms with Gasteiger partial charge in [-0.25, -0.2) is 14.8 Å². The van der Waals surface area contributed by atoms with Gasteiger partial charge < -0.3 is 15.0 Å². The second kappa shape index (κ2) is 10.3. The molecule has 1 N–H and O–H groups in total. The van der Waals surface area contributed by atoms with E-state index in [4.69, 9.17) is 14.7 Å². The number of piperidine rings is 1. The van der Waals surface area contributed by atoms with Gasteiger partial charge >= 0.3 is 6.09 Å². The van der Waals surface area contributed by atoms with Crippen LogP contribution in [0, 0.1) is 0 Å². The zero-order valence-corrected chi connectivity index (χ0v) is 21.3. The maximum Gasteiger partial charge on any atom is 0.410 e. The fraction of sp³-hybridized carbons (Fsp3) is 0.393. The van der Waals surface area contributed by atoms with Gasteiger partial charge in [-0.2, -0.15) is 0 Å². The van der Waals surface area contributed by atoms with E-state index in [0.29, 0.717) is 18.2 Å². The molecule has 0 spiro atoms. The molecule has 7 nitrogen and oxygen atoms in total. The number of carbonyl (C=O) groups is 1. The molecule has 1 aliphatic heterocycles. The number of likely N-dealkylation sites (tertiary alicyclic amines) is 1.